The molecule has 7 nitrogen and oxygen atoms in total. The zero-order valence-corrected chi connectivity index (χ0v) is 22.9. The fourth-order valence-electron chi connectivity index (χ4n) is 3.02. The molecule has 0 aliphatic heterocycles. The molecule has 0 aromatic heterocycles. The first-order chi connectivity index (χ1) is 14.3. The van der Waals surface area contributed by atoms with E-state index in [1.54, 1.807) is 6.07 Å². The van der Waals surface area contributed by atoms with Crippen LogP contribution in [0.25, 0.3) is 0 Å². The quantitative estimate of drug-likeness (QED) is 0.163. The van der Waals surface area contributed by atoms with Gasteiger partial charge in [0.2, 0.25) is 0 Å². The van der Waals surface area contributed by atoms with Crippen molar-refractivity contribution in [3.8, 4) is 0 Å². The molecule has 0 radical (unpaired) electrons. The summed E-state index contributed by atoms with van der Waals surface area (Å²) >= 11 is 0. The van der Waals surface area contributed by atoms with Crippen molar-refractivity contribution < 1.29 is 83.4 Å². The van der Waals surface area contributed by atoms with Gasteiger partial charge in [-0.15, -0.1) is 0 Å². The van der Waals surface area contributed by atoms with E-state index in [2.05, 4.69) is 6.92 Å². The second-order valence-electron chi connectivity index (χ2n) is 7.25. The first kappa shape index (κ1) is 30.7. The summed E-state index contributed by atoms with van der Waals surface area (Å²) in [6.07, 6.45) is 10.1. The van der Waals surface area contributed by atoms with E-state index in [-0.39, 0.29) is 75.5 Å². The molecule has 0 aliphatic rings. The van der Waals surface area contributed by atoms with Crippen LogP contribution in [0.2, 0.25) is 0 Å². The third-order valence-electron chi connectivity index (χ3n) is 4.74. The summed E-state index contributed by atoms with van der Waals surface area (Å²) in [7, 11) is -4.79. The maximum atomic E-state index is 12.3. The van der Waals surface area contributed by atoms with Crippen LogP contribution < -0.4 is 51.4 Å². The number of hydrogen-bond acceptors (Lipinski definition) is 7. The van der Waals surface area contributed by atoms with Crippen LogP contribution >= 0.6 is 0 Å². The first-order valence-corrected chi connectivity index (χ1v) is 12.2. The Labute approximate surface area is 228 Å². The molecule has 1 unspecified atom stereocenters. The van der Waals surface area contributed by atoms with E-state index in [9.17, 15) is 22.6 Å². The van der Waals surface area contributed by atoms with Gasteiger partial charge in [-0.3, -0.25) is 0 Å². The zero-order valence-electron chi connectivity index (χ0n) is 18.9. The smallest absolute Gasteiger partial charge is 0.745 e. The average Bonchev–Trinajstić information content (AvgIpc) is 2.72. The molecule has 0 saturated heterocycles. The molecule has 1 aromatic carbocycles. The Hall–Kier alpha value is -0.294. The second-order valence-corrected chi connectivity index (χ2v) is 8.76. The predicted octanol–water partition coefficient (Wildman–Crippen LogP) is 1.82. The number of hydrogen-bond donors (Lipinski definition) is 0. The average molecular weight is 481 g/mol. The predicted molar refractivity (Wildman–Crippen MR) is 113 cm³/mol. The van der Waals surface area contributed by atoms with Gasteiger partial charge in [-0.05, 0) is 25.0 Å². The molecule has 1 atom stereocenters. The summed E-state index contributed by atoms with van der Waals surface area (Å²) in [5.74, 6) is -1.72. The Kier molecular flexibility index (Phi) is 17.1. The van der Waals surface area contributed by atoms with Gasteiger partial charge in [-0.1, -0.05) is 77.3 Å². The van der Waals surface area contributed by atoms with Crippen molar-refractivity contribution in [1.82, 2.24) is 0 Å². The third kappa shape index (κ3) is 12.5. The van der Waals surface area contributed by atoms with Gasteiger partial charge in [0.25, 0.3) is 0 Å². The Bertz CT molecular complexity index is 765. The Morgan fingerprint density at radius 1 is 0.871 bits per heavy atom. The van der Waals surface area contributed by atoms with Crippen LogP contribution in [0.5, 0.6) is 0 Å². The number of carbonyl (C=O) groups excluding carboxylic acids is 2. The SMILES string of the molecule is CCCCCCCCCCCOC(=O)c1ccccc1C(=O)OC(CC)S(=O)(=O)[O-].[K+]. The fraction of sp³-hybridized carbons (Fsp3) is 0.636. The van der Waals surface area contributed by atoms with Crippen LogP contribution in [-0.2, 0) is 19.6 Å². The van der Waals surface area contributed by atoms with E-state index >= 15 is 0 Å². The zero-order chi connectivity index (χ0) is 22.4. The molecule has 0 spiro atoms. The molecule has 0 heterocycles. The molecular weight excluding hydrogens is 447 g/mol. The van der Waals surface area contributed by atoms with Crippen molar-refractivity contribution in [2.75, 3.05) is 6.61 Å². The Balaban J connectivity index is 0.00000900. The van der Waals surface area contributed by atoms with Crippen LogP contribution in [0.1, 0.15) is 98.8 Å². The summed E-state index contributed by atoms with van der Waals surface area (Å²) in [5.41, 5.74) is -1.94. The standard InChI is InChI=1S/C22H34O7S.K/c1-3-5-6-7-8-9-10-11-14-17-28-21(23)18-15-12-13-16-19(18)22(24)29-20(4-2)30(25,26)27;/h12-13,15-16,20H,3-11,14,17H2,1-2H3,(H,25,26,27);/q;+1/p-1. The maximum Gasteiger partial charge on any atom is 1.00 e. The van der Waals surface area contributed by atoms with E-state index in [0.717, 1.165) is 19.3 Å². The van der Waals surface area contributed by atoms with Crippen LogP contribution in [0.4, 0.5) is 0 Å². The molecule has 9 heteroatoms. The summed E-state index contributed by atoms with van der Waals surface area (Å²) in [6, 6.07) is 5.82. The molecule has 0 fully saturated rings. The van der Waals surface area contributed by atoms with E-state index in [4.69, 9.17) is 9.47 Å². The number of unbranched alkanes of at least 4 members (excludes halogenated alkanes) is 8. The summed E-state index contributed by atoms with van der Waals surface area (Å²) in [4.78, 5) is 24.6. The van der Waals surface area contributed by atoms with E-state index < -0.39 is 27.5 Å². The number of carbonyl (C=O) groups is 2. The van der Waals surface area contributed by atoms with Crippen LogP contribution in [0.3, 0.4) is 0 Å². The molecule has 1 rings (SSSR count). The number of benzene rings is 1. The molecule has 1 aromatic rings. The largest absolute Gasteiger partial charge is 1.00 e. The van der Waals surface area contributed by atoms with Gasteiger partial charge in [0.15, 0.2) is 5.44 Å². The molecule has 0 amide bonds. The van der Waals surface area contributed by atoms with Gasteiger partial charge in [-0.2, -0.15) is 0 Å². The molecule has 0 aliphatic carbocycles. The maximum absolute atomic E-state index is 12.3. The van der Waals surface area contributed by atoms with Crippen molar-refractivity contribution in [2.45, 2.75) is 83.5 Å². The molecule has 170 valence electrons. The van der Waals surface area contributed by atoms with Gasteiger partial charge in [0.1, 0.15) is 10.1 Å². The fourth-order valence-corrected chi connectivity index (χ4v) is 3.64. The monoisotopic (exact) mass is 480 g/mol. The molecule has 31 heavy (non-hydrogen) atoms. The summed E-state index contributed by atoms with van der Waals surface area (Å²) in [6.45, 7) is 3.85. The molecule has 0 saturated carbocycles. The minimum atomic E-state index is -4.79. The van der Waals surface area contributed by atoms with E-state index in [0.29, 0.717) is 0 Å². The van der Waals surface area contributed by atoms with Crippen molar-refractivity contribution in [3.05, 3.63) is 35.4 Å². The second kappa shape index (κ2) is 17.2. The van der Waals surface area contributed by atoms with Crippen molar-refractivity contribution >= 4 is 22.1 Å². The summed E-state index contributed by atoms with van der Waals surface area (Å²) in [5, 5.41) is 0. The minimum Gasteiger partial charge on any atom is -0.745 e. The van der Waals surface area contributed by atoms with Gasteiger partial charge < -0.3 is 14.0 Å². The first-order valence-electron chi connectivity index (χ1n) is 10.7. The molecular formula is C22H33KO7S. The topological polar surface area (TPSA) is 110 Å². The molecule has 0 N–H and O–H groups in total. The minimum absolute atomic E-state index is 0. The van der Waals surface area contributed by atoms with Crippen molar-refractivity contribution in [1.29, 1.82) is 0 Å². The van der Waals surface area contributed by atoms with E-state index in [1.807, 2.05) is 0 Å². The summed E-state index contributed by atoms with van der Waals surface area (Å²) < 4.78 is 43.5. The number of rotatable bonds is 15. The Morgan fingerprint density at radius 3 is 1.84 bits per heavy atom. The van der Waals surface area contributed by atoms with Gasteiger partial charge in [0.05, 0.1) is 17.7 Å². The third-order valence-corrected chi connectivity index (χ3v) is 5.82. The van der Waals surface area contributed by atoms with Gasteiger partial charge >= 0.3 is 63.3 Å². The van der Waals surface area contributed by atoms with Crippen LogP contribution in [-0.4, -0.2) is 37.0 Å². The number of ether oxygens (including phenoxy) is 2. The van der Waals surface area contributed by atoms with Crippen molar-refractivity contribution in [3.63, 3.8) is 0 Å². The van der Waals surface area contributed by atoms with E-state index in [1.165, 1.54) is 63.6 Å². The normalized spacial score (nSPS) is 12.0. The van der Waals surface area contributed by atoms with Crippen LogP contribution in [0.15, 0.2) is 24.3 Å². The number of esters is 2. The van der Waals surface area contributed by atoms with Gasteiger partial charge in [-0.25, -0.2) is 18.0 Å². The Morgan fingerprint density at radius 2 is 1.35 bits per heavy atom. The molecule has 0 bridgehead atoms. The van der Waals surface area contributed by atoms with Gasteiger partial charge in [0, 0.05) is 0 Å². The van der Waals surface area contributed by atoms with Crippen molar-refractivity contribution in [2.24, 2.45) is 0 Å². The van der Waals surface area contributed by atoms with Crippen LogP contribution in [0, 0.1) is 0 Å².